The van der Waals surface area contributed by atoms with E-state index >= 15 is 0 Å². The normalized spacial score (nSPS) is 11.2. The SMILES string of the molecule is [B]C([B])(O)c1ccc(OC)nc1. The number of aromatic nitrogens is 1. The molecule has 1 aromatic rings. The summed E-state index contributed by atoms with van der Waals surface area (Å²) in [6.07, 6.45) is 1.36. The molecule has 0 saturated heterocycles. The van der Waals surface area contributed by atoms with Crippen LogP contribution >= 0.6 is 0 Å². The van der Waals surface area contributed by atoms with Crippen LogP contribution in [0.25, 0.3) is 0 Å². The number of hydrogen-bond donors (Lipinski definition) is 1. The van der Waals surface area contributed by atoms with Gasteiger partial charge in [-0.2, -0.15) is 0 Å². The Balaban J connectivity index is 2.93. The smallest absolute Gasteiger partial charge is 0.212 e. The number of pyridine rings is 1. The summed E-state index contributed by atoms with van der Waals surface area (Å²) in [5.74, 6) is 0.447. The third-order valence-corrected chi connectivity index (χ3v) is 1.41. The van der Waals surface area contributed by atoms with Crippen LogP contribution in [-0.4, -0.2) is 32.9 Å². The first kappa shape index (κ1) is 9.13. The lowest BCUT2D eigenvalue weighted by Gasteiger charge is -2.18. The van der Waals surface area contributed by atoms with Crippen LogP contribution in [0.4, 0.5) is 0 Å². The Bertz CT molecular complexity index is 255. The van der Waals surface area contributed by atoms with Crippen molar-refractivity contribution in [1.29, 1.82) is 0 Å². The van der Waals surface area contributed by atoms with Crippen molar-refractivity contribution in [2.24, 2.45) is 0 Å². The minimum absolute atomic E-state index is 0.336. The van der Waals surface area contributed by atoms with Crippen molar-refractivity contribution >= 4 is 15.7 Å². The van der Waals surface area contributed by atoms with E-state index in [4.69, 9.17) is 25.5 Å². The number of rotatable bonds is 2. The molecule has 12 heavy (non-hydrogen) atoms. The highest BCUT2D eigenvalue weighted by Crippen LogP contribution is 2.14. The van der Waals surface area contributed by atoms with E-state index in [-0.39, 0.29) is 0 Å². The van der Waals surface area contributed by atoms with Gasteiger partial charge in [-0.25, -0.2) is 4.98 Å². The van der Waals surface area contributed by atoms with Gasteiger partial charge in [0.1, 0.15) is 15.7 Å². The van der Waals surface area contributed by atoms with Gasteiger partial charge >= 0.3 is 0 Å². The molecule has 0 aliphatic rings. The maximum atomic E-state index is 9.13. The Morgan fingerprint density at radius 2 is 2.17 bits per heavy atom. The molecule has 0 atom stereocenters. The fraction of sp³-hybridized carbons (Fsp3) is 0.286. The zero-order valence-corrected chi connectivity index (χ0v) is 6.69. The molecule has 4 radical (unpaired) electrons. The van der Waals surface area contributed by atoms with Gasteiger partial charge in [0.25, 0.3) is 0 Å². The second-order valence-corrected chi connectivity index (χ2v) is 2.41. The Morgan fingerprint density at radius 3 is 2.50 bits per heavy atom. The lowest BCUT2D eigenvalue weighted by atomic mass is 9.62. The summed E-state index contributed by atoms with van der Waals surface area (Å²) in [7, 11) is 11.9. The van der Waals surface area contributed by atoms with Crippen molar-refractivity contribution in [3.63, 3.8) is 0 Å². The maximum Gasteiger partial charge on any atom is 0.212 e. The van der Waals surface area contributed by atoms with Gasteiger partial charge in [0.15, 0.2) is 0 Å². The van der Waals surface area contributed by atoms with Crippen LogP contribution in [0.2, 0.25) is 0 Å². The molecule has 1 heterocycles. The van der Waals surface area contributed by atoms with Crippen molar-refractivity contribution < 1.29 is 9.84 Å². The van der Waals surface area contributed by atoms with E-state index in [1.165, 1.54) is 13.3 Å². The van der Waals surface area contributed by atoms with Crippen molar-refractivity contribution in [3.8, 4) is 5.88 Å². The van der Waals surface area contributed by atoms with Crippen LogP contribution in [0.5, 0.6) is 5.88 Å². The van der Waals surface area contributed by atoms with Gasteiger partial charge in [0.05, 0.1) is 7.11 Å². The van der Waals surface area contributed by atoms with Crippen LogP contribution in [-0.2, 0) is 5.40 Å². The summed E-state index contributed by atoms with van der Waals surface area (Å²) >= 11 is 0. The molecule has 1 N–H and O–H groups in total. The topological polar surface area (TPSA) is 42.4 Å². The summed E-state index contributed by atoms with van der Waals surface area (Å²) in [5, 5.41) is 7.29. The summed E-state index contributed by atoms with van der Waals surface area (Å²) in [6, 6.07) is 3.12. The number of hydrogen-bond acceptors (Lipinski definition) is 3. The monoisotopic (exact) mass is 159 g/mol. The fourth-order valence-electron chi connectivity index (χ4n) is 0.738. The molecule has 1 rings (SSSR count). The van der Waals surface area contributed by atoms with Crippen molar-refractivity contribution in [1.82, 2.24) is 4.98 Å². The van der Waals surface area contributed by atoms with Gasteiger partial charge in [-0.15, -0.1) is 0 Å². The third-order valence-electron chi connectivity index (χ3n) is 1.41. The van der Waals surface area contributed by atoms with E-state index in [9.17, 15) is 0 Å². The predicted octanol–water partition coefficient (Wildman–Crippen LogP) is -0.470. The Morgan fingerprint density at radius 1 is 1.50 bits per heavy atom. The molecule has 0 aliphatic heterocycles. The van der Waals surface area contributed by atoms with Crippen LogP contribution in [0.1, 0.15) is 5.56 Å². The molecule has 58 valence electrons. The second-order valence-electron chi connectivity index (χ2n) is 2.41. The zero-order chi connectivity index (χ0) is 9.19. The molecule has 0 fully saturated rings. The molecular weight excluding hydrogens is 152 g/mol. The lowest BCUT2D eigenvalue weighted by molar-refractivity contribution is 0.216. The van der Waals surface area contributed by atoms with Gasteiger partial charge < -0.3 is 9.84 Å². The fourth-order valence-corrected chi connectivity index (χ4v) is 0.738. The summed E-state index contributed by atoms with van der Waals surface area (Å²) in [6.45, 7) is 0. The highest BCUT2D eigenvalue weighted by atomic mass is 16.5. The summed E-state index contributed by atoms with van der Waals surface area (Å²) in [4.78, 5) is 3.82. The molecular formula is C7H7B2NO2. The van der Waals surface area contributed by atoms with E-state index in [0.717, 1.165) is 0 Å². The first-order valence-corrected chi connectivity index (χ1v) is 3.34. The van der Waals surface area contributed by atoms with Crippen LogP contribution in [0, 0.1) is 0 Å². The van der Waals surface area contributed by atoms with Crippen LogP contribution < -0.4 is 4.74 Å². The van der Waals surface area contributed by atoms with Crippen molar-refractivity contribution in [2.75, 3.05) is 7.11 Å². The van der Waals surface area contributed by atoms with Crippen LogP contribution in [0.15, 0.2) is 18.3 Å². The average molecular weight is 159 g/mol. The van der Waals surface area contributed by atoms with E-state index in [2.05, 4.69) is 4.98 Å². The van der Waals surface area contributed by atoms with E-state index in [0.29, 0.717) is 11.4 Å². The third kappa shape index (κ3) is 2.01. The van der Waals surface area contributed by atoms with E-state index < -0.39 is 5.40 Å². The number of aliphatic hydroxyl groups is 1. The number of methoxy groups -OCH3 is 1. The molecule has 5 heteroatoms. The number of ether oxygens (including phenoxy) is 1. The predicted molar refractivity (Wildman–Crippen MR) is 46.2 cm³/mol. The van der Waals surface area contributed by atoms with Gasteiger partial charge in [-0.05, 0) is 5.56 Å². The quantitative estimate of drug-likeness (QED) is 0.592. The summed E-state index contributed by atoms with van der Waals surface area (Å²) in [5.41, 5.74) is 0.336. The average Bonchev–Trinajstić information content (AvgIpc) is 2.03. The van der Waals surface area contributed by atoms with Crippen molar-refractivity contribution in [3.05, 3.63) is 23.9 Å². The molecule has 1 aromatic heterocycles. The van der Waals surface area contributed by atoms with E-state index in [1.54, 1.807) is 12.1 Å². The molecule has 0 aliphatic carbocycles. The summed E-state index contributed by atoms with van der Waals surface area (Å²) < 4.78 is 4.81. The van der Waals surface area contributed by atoms with E-state index in [1.807, 2.05) is 0 Å². The van der Waals surface area contributed by atoms with Crippen LogP contribution in [0.3, 0.4) is 0 Å². The molecule has 0 amide bonds. The first-order valence-electron chi connectivity index (χ1n) is 3.34. The maximum absolute atomic E-state index is 9.13. The Labute approximate surface area is 73.6 Å². The van der Waals surface area contributed by atoms with Gasteiger partial charge in [0.2, 0.25) is 5.88 Å². The molecule has 3 nitrogen and oxygen atoms in total. The largest absolute Gasteiger partial charge is 0.481 e. The van der Waals surface area contributed by atoms with Crippen molar-refractivity contribution in [2.45, 2.75) is 5.40 Å². The molecule has 0 bridgehead atoms. The minimum Gasteiger partial charge on any atom is -0.481 e. The molecule has 0 spiro atoms. The van der Waals surface area contributed by atoms with Gasteiger partial charge in [-0.3, -0.25) is 0 Å². The highest BCUT2D eigenvalue weighted by Gasteiger charge is 2.14. The standard InChI is InChI=1S/C7H7B2NO2/c1-12-6-3-2-5(4-10-6)7(8,9)11/h2-4,11H,1H3. The lowest BCUT2D eigenvalue weighted by Crippen LogP contribution is -2.25. The van der Waals surface area contributed by atoms with Gasteiger partial charge in [0, 0.05) is 17.7 Å². The van der Waals surface area contributed by atoms with Gasteiger partial charge in [-0.1, -0.05) is 6.07 Å². The zero-order valence-electron chi connectivity index (χ0n) is 6.69. The molecule has 0 saturated carbocycles. The number of nitrogens with zero attached hydrogens (tertiary/aromatic N) is 1. The molecule has 0 aromatic carbocycles. The Hall–Kier alpha value is -0.960. The highest BCUT2D eigenvalue weighted by molar-refractivity contribution is 6.38. The minimum atomic E-state index is -1.83. The Kier molecular flexibility index (Phi) is 2.43. The second kappa shape index (κ2) is 3.19. The molecule has 0 unspecified atom stereocenters. The first-order chi connectivity index (χ1) is 5.54.